The van der Waals surface area contributed by atoms with Gasteiger partial charge in [0.2, 0.25) is 5.91 Å². The van der Waals surface area contributed by atoms with E-state index in [1.807, 2.05) is 27.7 Å². The molecule has 0 aliphatic rings. The first-order valence-corrected chi connectivity index (χ1v) is 5.93. The number of hydrogen-bond donors (Lipinski definition) is 1. The van der Waals surface area contributed by atoms with Gasteiger partial charge in [0.05, 0.1) is 5.69 Å². The molecule has 1 rings (SSSR count). The van der Waals surface area contributed by atoms with E-state index >= 15 is 0 Å². The third-order valence-corrected chi connectivity index (χ3v) is 2.68. The summed E-state index contributed by atoms with van der Waals surface area (Å²) in [6.07, 6.45) is 3.25. The van der Waals surface area contributed by atoms with Crippen LogP contribution in [0.4, 0.5) is 5.82 Å². The first-order chi connectivity index (χ1) is 8.10. The molecule has 1 heterocycles. The minimum absolute atomic E-state index is 0.0834. The minimum Gasteiger partial charge on any atom is -0.357 e. The van der Waals surface area contributed by atoms with Crippen LogP contribution in [0.2, 0.25) is 0 Å². The fourth-order valence-electron chi connectivity index (χ4n) is 1.63. The summed E-state index contributed by atoms with van der Waals surface area (Å²) in [5, 5.41) is 3.09. The van der Waals surface area contributed by atoms with E-state index in [2.05, 4.69) is 15.3 Å². The number of rotatable bonds is 5. The lowest BCUT2D eigenvalue weighted by molar-refractivity contribution is -0.131. The summed E-state index contributed by atoms with van der Waals surface area (Å²) in [6, 6.07) is -0.287. The van der Waals surface area contributed by atoms with Crippen LogP contribution >= 0.6 is 0 Å². The largest absolute Gasteiger partial charge is 0.357 e. The predicted molar refractivity (Wildman–Crippen MR) is 67.8 cm³/mol. The molecule has 1 aromatic heterocycles. The lowest BCUT2D eigenvalue weighted by Gasteiger charge is -2.23. The minimum atomic E-state index is -0.287. The zero-order valence-corrected chi connectivity index (χ0v) is 10.9. The number of amides is 1. The molecule has 1 N–H and O–H groups in total. The Morgan fingerprint density at radius 3 is 2.47 bits per heavy atom. The second-order valence-corrected chi connectivity index (χ2v) is 3.87. The summed E-state index contributed by atoms with van der Waals surface area (Å²) in [6.45, 7) is 9.10. The van der Waals surface area contributed by atoms with E-state index in [0.29, 0.717) is 5.82 Å². The van der Waals surface area contributed by atoms with E-state index < -0.39 is 0 Å². The molecular formula is C12H20N4O. The van der Waals surface area contributed by atoms with Crippen LogP contribution in [0.5, 0.6) is 0 Å². The van der Waals surface area contributed by atoms with E-state index in [4.69, 9.17) is 0 Å². The van der Waals surface area contributed by atoms with Crippen LogP contribution in [-0.4, -0.2) is 39.9 Å². The second-order valence-electron chi connectivity index (χ2n) is 3.87. The van der Waals surface area contributed by atoms with Gasteiger partial charge in [-0.1, -0.05) is 0 Å². The number of aromatic nitrogens is 2. The molecule has 5 nitrogen and oxygen atoms in total. The summed E-state index contributed by atoms with van der Waals surface area (Å²) in [5.41, 5.74) is 0.798. The number of aryl methyl sites for hydroxylation is 1. The Kier molecular flexibility index (Phi) is 4.87. The van der Waals surface area contributed by atoms with Crippen LogP contribution in [0.3, 0.4) is 0 Å². The lowest BCUT2D eigenvalue weighted by atomic mass is 10.2. The zero-order valence-electron chi connectivity index (χ0n) is 10.9. The molecule has 1 unspecified atom stereocenters. The van der Waals surface area contributed by atoms with Crippen molar-refractivity contribution < 1.29 is 4.79 Å². The van der Waals surface area contributed by atoms with Gasteiger partial charge >= 0.3 is 0 Å². The SMILES string of the molecule is CCN(CC)C(=O)C(C)Nc1nccnc1C. The maximum absolute atomic E-state index is 12.0. The van der Waals surface area contributed by atoms with Gasteiger partial charge in [-0.25, -0.2) is 4.98 Å². The van der Waals surface area contributed by atoms with Crippen molar-refractivity contribution in [2.75, 3.05) is 18.4 Å². The number of carbonyl (C=O) groups is 1. The van der Waals surface area contributed by atoms with E-state index in [1.54, 1.807) is 17.3 Å². The summed E-state index contributed by atoms with van der Waals surface area (Å²) in [5.74, 6) is 0.751. The lowest BCUT2D eigenvalue weighted by Crippen LogP contribution is -2.41. The summed E-state index contributed by atoms with van der Waals surface area (Å²) in [4.78, 5) is 22.1. The monoisotopic (exact) mass is 236 g/mol. The van der Waals surface area contributed by atoms with Gasteiger partial charge < -0.3 is 10.2 Å². The third-order valence-electron chi connectivity index (χ3n) is 2.68. The van der Waals surface area contributed by atoms with Crippen molar-refractivity contribution in [2.24, 2.45) is 0 Å². The van der Waals surface area contributed by atoms with Gasteiger partial charge in [0.15, 0.2) is 0 Å². The van der Waals surface area contributed by atoms with E-state index in [9.17, 15) is 4.79 Å². The first kappa shape index (κ1) is 13.4. The van der Waals surface area contributed by atoms with Gasteiger partial charge in [0.1, 0.15) is 11.9 Å². The highest BCUT2D eigenvalue weighted by atomic mass is 16.2. The maximum atomic E-state index is 12.0. The van der Waals surface area contributed by atoms with Crippen molar-refractivity contribution in [3.05, 3.63) is 18.1 Å². The number of carbonyl (C=O) groups excluding carboxylic acids is 1. The van der Waals surface area contributed by atoms with Gasteiger partial charge in [-0.2, -0.15) is 0 Å². The molecule has 1 atom stereocenters. The van der Waals surface area contributed by atoms with Crippen LogP contribution in [0.1, 0.15) is 26.5 Å². The van der Waals surface area contributed by atoms with E-state index in [1.165, 1.54) is 0 Å². The van der Waals surface area contributed by atoms with E-state index in [-0.39, 0.29) is 11.9 Å². The molecule has 0 bridgehead atoms. The van der Waals surface area contributed by atoms with Crippen LogP contribution in [-0.2, 0) is 4.79 Å². The summed E-state index contributed by atoms with van der Waals surface area (Å²) >= 11 is 0. The average Bonchev–Trinajstić information content (AvgIpc) is 2.33. The molecule has 0 spiro atoms. The van der Waals surface area contributed by atoms with Crippen LogP contribution < -0.4 is 5.32 Å². The summed E-state index contributed by atoms with van der Waals surface area (Å²) < 4.78 is 0. The van der Waals surface area contributed by atoms with Gasteiger partial charge in [-0.05, 0) is 27.7 Å². The number of anilines is 1. The topological polar surface area (TPSA) is 58.1 Å². The molecule has 0 fully saturated rings. The van der Waals surface area contributed by atoms with Crippen LogP contribution in [0.15, 0.2) is 12.4 Å². The number of likely N-dealkylation sites (N-methyl/N-ethyl adjacent to an activating group) is 1. The van der Waals surface area contributed by atoms with Crippen molar-refractivity contribution >= 4 is 11.7 Å². The van der Waals surface area contributed by atoms with Gasteiger partial charge in [-0.3, -0.25) is 9.78 Å². The standard InChI is InChI=1S/C12H20N4O/c1-5-16(6-2)12(17)10(4)15-11-9(3)13-7-8-14-11/h7-8,10H,5-6H2,1-4H3,(H,14,15). The predicted octanol–water partition coefficient (Wildman–Crippen LogP) is 1.45. The van der Waals surface area contributed by atoms with Gasteiger partial charge in [0.25, 0.3) is 0 Å². The molecule has 1 aromatic rings. The fourth-order valence-corrected chi connectivity index (χ4v) is 1.63. The average molecular weight is 236 g/mol. The Labute approximate surface area is 102 Å². The number of nitrogens with one attached hydrogen (secondary N) is 1. The Balaban J connectivity index is 2.69. The maximum Gasteiger partial charge on any atom is 0.244 e. The molecule has 0 aromatic carbocycles. The number of hydrogen-bond acceptors (Lipinski definition) is 4. The molecule has 0 aliphatic carbocycles. The quantitative estimate of drug-likeness (QED) is 0.840. The normalized spacial score (nSPS) is 12.0. The Bertz CT molecular complexity index is 377. The molecule has 0 saturated heterocycles. The molecule has 94 valence electrons. The highest BCUT2D eigenvalue weighted by Gasteiger charge is 2.18. The van der Waals surface area contributed by atoms with Crippen LogP contribution in [0, 0.1) is 6.92 Å². The molecule has 0 radical (unpaired) electrons. The third kappa shape index (κ3) is 3.41. The Morgan fingerprint density at radius 2 is 1.94 bits per heavy atom. The molecule has 0 aliphatic heterocycles. The molecule has 0 saturated carbocycles. The van der Waals surface area contributed by atoms with Crippen molar-refractivity contribution in [1.29, 1.82) is 0 Å². The molecule has 17 heavy (non-hydrogen) atoms. The second kappa shape index (κ2) is 6.18. The Morgan fingerprint density at radius 1 is 1.35 bits per heavy atom. The van der Waals surface area contributed by atoms with Gasteiger partial charge in [-0.15, -0.1) is 0 Å². The number of nitrogens with zero attached hydrogens (tertiary/aromatic N) is 3. The smallest absolute Gasteiger partial charge is 0.244 e. The molecular weight excluding hydrogens is 216 g/mol. The molecule has 1 amide bonds. The van der Waals surface area contributed by atoms with Crippen molar-refractivity contribution in [3.63, 3.8) is 0 Å². The Hall–Kier alpha value is -1.65. The van der Waals surface area contributed by atoms with Crippen molar-refractivity contribution in [2.45, 2.75) is 33.7 Å². The van der Waals surface area contributed by atoms with E-state index in [0.717, 1.165) is 18.8 Å². The van der Waals surface area contributed by atoms with Crippen molar-refractivity contribution in [3.8, 4) is 0 Å². The van der Waals surface area contributed by atoms with Crippen LogP contribution in [0.25, 0.3) is 0 Å². The van der Waals surface area contributed by atoms with Crippen molar-refractivity contribution in [1.82, 2.24) is 14.9 Å². The summed E-state index contributed by atoms with van der Waals surface area (Å²) in [7, 11) is 0. The fraction of sp³-hybridized carbons (Fsp3) is 0.583. The highest BCUT2D eigenvalue weighted by molar-refractivity contribution is 5.84. The highest BCUT2D eigenvalue weighted by Crippen LogP contribution is 2.09. The molecule has 5 heteroatoms. The van der Waals surface area contributed by atoms with Gasteiger partial charge in [0, 0.05) is 25.5 Å². The zero-order chi connectivity index (χ0) is 12.8. The first-order valence-electron chi connectivity index (χ1n) is 5.93.